The fourth-order valence-corrected chi connectivity index (χ4v) is 2.10. The standard InChI is InChI=1S/C12H16N4O2/c1-6-9-7(5-8(13)10(6)14)11(17)16(12(9)18)4-3-15-2/h5,15H,3-4,13-14H2,1-2H3. The van der Waals surface area contributed by atoms with Crippen molar-refractivity contribution in [3.05, 3.63) is 22.8 Å². The zero-order valence-corrected chi connectivity index (χ0v) is 10.4. The predicted octanol–water partition coefficient (Wildman–Crippen LogP) is -0.0252. The van der Waals surface area contributed by atoms with E-state index in [1.165, 1.54) is 11.0 Å². The normalized spacial score (nSPS) is 14.2. The van der Waals surface area contributed by atoms with E-state index in [-0.39, 0.29) is 11.8 Å². The topological polar surface area (TPSA) is 101 Å². The number of benzene rings is 1. The second-order valence-corrected chi connectivity index (χ2v) is 4.29. The summed E-state index contributed by atoms with van der Waals surface area (Å²) in [5, 5.41) is 2.90. The molecule has 1 aromatic carbocycles. The van der Waals surface area contributed by atoms with Gasteiger partial charge in [0.2, 0.25) is 0 Å². The molecule has 5 N–H and O–H groups in total. The van der Waals surface area contributed by atoms with Crippen molar-refractivity contribution >= 4 is 23.2 Å². The molecule has 1 aromatic rings. The van der Waals surface area contributed by atoms with Gasteiger partial charge in [0, 0.05) is 13.1 Å². The first-order valence-electron chi connectivity index (χ1n) is 5.68. The van der Waals surface area contributed by atoms with Crippen LogP contribution >= 0.6 is 0 Å². The summed E-state index contributed by atoms with van der Waals surface area (Å²) in [4.78, 5) is 25.5. The number of fused-ring (bicyclic) bond motifs is 1. The molecule has 2 amide bonds. The van der Waals surface area contributed by atoms with Crippen molar-refractivity contribution < 1.29 is 9.59 Å². The molecule has 6 nitrogen and oxygen atoms in total. The molecule has 1 aliphatic rings. The van der Waals surface area contributed by atoms with Crippen molar-refractivity contribution in [2.45, 2.75) is 6.92 Å². The van der Waals surface area contributed by atoms with Crippen LogP contribution in [0.25, 0.3) is 0 Å². The van der Waals surface area contributed by atoms with Crippen LogP contribution in [0.5, 0.6) is 0 Å². The number of nitrogens with one attached hydrogen (secondary N) is 1. The number of likely N-dealkylation sites (N-methyl/N-ethyl adjacent to an activating group) is 1. The number of nitrogens with two attached hydrogens (primary N) is 2. The Morgan fingerprint density at radius 1 is 1.28 bits per heavy atom. The number of hydrogen-bond donors (Lipinski definition) is 3. The minimum absolute atomic E-state index is 0.297. The molecule has 0 aromatic heterocycles. The van der Waals surface area contributed by atoms with Crippen molar-refractivity contribution in [2.75, 3.05) is 31.6 Å². The number of amides is 2. The zero-order chi connectivity index (χ0) is 13.4. The maximum absolute atomic E-state index is 12.2. The number of imide groups is 1. The SMILES string of the molecule is CNCCN1C(=O)c2cc(N)c(N)c(C)c2C1=O. The third kappa shape index (κ3) is 1.62. The summed E-state index contributed by atoms with van der Waals surface area (Å²) in [6, 6.07) is 1.48. The monoisotopic (exact) mass is 248 g/mol. The smallest absolute Gasteiger partial charge is 0.261 e. The number of hydrogen-bond acceptors (Lipinski definition) is 5. The van der Waals surface area contributed by atoms with Gasteiger partial charge in [-0.1, -0.05) is 0 Å². The predicted molar refractivity (Wildman–Crippen MR) is 69.3 cm³/mol. The molecule has 0 radical (unpaired) electrons. The molecule has 0 fully saturated rings. The third-order valence-electron chi connectivity index (χ3n) is 3.18. The van der Waals surface area contributed by atoms with Crippen molar-refractivity contribution in [3.8, 4) is 0 Å². The highest BCUT2D eigenvalue weighted by Gasteiger charge is 2.37. The van der Waals surface area contributed by atoms with E-state index in [4.69, 9.17) is 11.5 Å². The number of nitrogens with zero attached hydrogens (tertiary/aromatic N) is 1. The van der Waals surface area contributed by atoms with Crippen LogP contribution < -0.4 is 16.8 Å². The van der Waals surface area contributed by atoms with Crippen LogP contribution in [0.15, 0.2) is 6.07 Å². The lowest BCUT2D eigenvalue weighted by Crippen LogP contribution is -2.35. The van der Waals surface area contributed by atoms with Crippen LogP contribution in [0.2, 0.25) is 0 Å². The summed E-state index contributed by atoms with van der Waals surface area (Å²) in [7, 11) is 1.76. The summed E-state index contributed by atoms with van der Waals surface area (Å²) in [5.41, 5.74) is 13.5. The first kappa shape index (κ1) is 12.4. The molecule has 0 bridgehead atoms. The lowest BCUT2D eigenvalue weighted by Gasteiger charge is -2.12. The zero-order valence-electron chi connectivity index (χ0n) is 10.4. The maximum Gasteiger partial charge on any atom is 0.261 e. The number of nitrogen functional groups attached to an aromatic ring is 2. The minimum Gasteiger partial charge on any atom is -0.397 e. The Labute approximate surface area is 105 Å². The van der Waals surface area contributed by atoms with Crippen LogP contribution in [0.1, 0.15) is 26.3 Å². The van der Waals surface area contributed by atoms with Crippen molar-refractivity contribution in [2.24, 2.45) is 0 Å². The Bertz CT molecular complexity index is 539. The summed E-state index contributed by atoms with van der Waals surface area (Å²) in [6.07, 6.45) is 0. The number of carbonyl (C=O) groups excluding carboxylic acids is 2. The largest absolute Gasteiger partial charge is 0.397 e. The lowest BCUT2D eigenvalue weighted by atomic mass is 10.0. The first-order chi connectivity index (χ1) is 8.49. The molecule has 0 saturated carbocycles. The van der Waals surface area contributed by atoms with Gasteiger partial charge >= 0.3 is 0 Å². The summed E-state index contributed by atoms with van der Waals surface area (Å²) >= 11 is 0. The first-order valence-corrected chi connectivity index (χ1v) is 5.68. The number of anilines is 2. The van der Waals surface area contributed by atoms with Gasteiger partial charge in [0.15, 0.2) is 0 Å². The molecule has 96 valence electrons. The molecule has 0 spiro atoms. The average molecular weight is 248 g/mol. The average Bonchev–Trinajstić information content (AvgIpc) is 2.57. The van der Waals surface area contributed by atoms with Crippen LogP contribution in [0.3, 0.4) is 0 Å². The third-order valence-corrected chi connectivity index (χ3v) is 3.18. The highest BCUT2D eigenvalue weighted by molar-refractivity contribution is 6.23. The Balaban J connectivity index is 2.49. The molecular weight excluding hydrogens is 232 g/mol. The fraction of sp³-hybridized carbons (Fsp3) is 0.333. The molecule has 1 heterocycles. The lowest BCUT2D eigenvalue weighted by molar-refractivity contribution is 0.0656. The molecule has 1 aliphatic heterocycles. The molecule has 6 heteroatoms. The van der Waals surface area contributed by atoms with Gasteiger partial charge in [0.1, 0.15) is 0 Å². The van der Waals surface area contributed by atoms with Gasteiger partial charge < -0.3 is 16.8 Å². The Morgan fingerprint density at radius 3 is 2.56 bits per heavy atom. The fourth-order valence-electron chi connectivity index (χ4n) is 2.10. The van der Waals surface area contributed by atoms with Gasteiger partial charge in [-0.05, 0) is 25.6 Å². The number of rotatable bonds is 3. The van der Waals surface area contributed by atoms with Crippen LogP contribution in [-0.4, -0.2) is 36.9 Å². The maximum atomic E-state index is 12.2. The van der Waals surface area contributed by atoms with E-state index in [0.29, 0.717) is 41.2 Å². The second-order valence-electron chi connectivity index (χ2n) is 4.29. The molecule has 0 atom stereocenters. The highest BCUT2D eigenvalue weighted by Crippen LogP contribution is 2.32. The molecule has 0 aliphatic carbocycles. The van der Waals surface area contributed by atoms with E-state index in [1.807, 2.05) is 0 Å². The van der Waals surface area contributed by atoms with E-state index in [1.54, 1.807) is 14.0 Å². The molecule has 2 rings (SSSR count). The summed E-state index contributed by atoms with van der Waals surface area (Å²) < 4.78 is 0. The van der Waals surface area contributed by atoms with E-state index < -0.39 is 0 Å². The van der Waals surface area contributed by atoms with Gasteiger partial charge in [-0.25, -0.2) is 0 Å². The molecule has 0 saturated heterocycles. The van der Waals surface area contributed by atoms with Crippen LogP contribution in [0, 0.1) is 6.92 Å². The van der Waals surface area contributed by atoms with Gasteiger partial charge in [-0.3, -0.25) is 14.5 Å². The van der Waals surface area contributed by atoms with Gasteiger partial charge in [0.05, 0.1) is 22.5 Å². The van der Waals surface area contributed by atoms with E-state index in [2.05, 4.69) is 5.32 Å². The quantitative estimate of drug-likeness (QED) is 0.515. The Hall–Kier alpha value is -2.08. The van der Waals surface area contributed by atoms with Gasteiger partial charge in [-0.15, -0.1) is 0 Å². The Kier molecular flexibility index (Phi) is 2.96. The van der Waals surface area contributed by atoms with E-state index in [9.17, 15) is 9.59 Å². The number of carbonyl (C=O) groups is 2. The Morgan fingerprint density at radius 2 is 1.94 bits per heavy atom. The minimum atomic E-state index is -0.306. The molecular formula is C12H16N4O2. The van der Waals surface area contributed by atoms with Crippen molar-refractivity contribution in [1.29, 1.82) is 0 Å². The summed E-state index contributed by atoms with van der Waals surface area (Å²) in [6.45, 7) is 2.59. The molecule has 18 heavy (non-hydrogen) atoms. The molecule has 0 unspecified atom stereocenters. The summed E-state index contributed by atoms with van der Waals surface area (Å²) in [5.74, 6) is -0.602. The van der Waals surface area contributed by atoms with Crippen LogP contribution in [-0.2, 0) is 0 Å². The van der Waals surface area contributed by atoms with Crippen molar-refractivity contribution in [1.82, 2.24) is 10.2 Å². The van der Waals surface area contributed by atoms with Crippen molar-refractivity contribution in [3.63, 3.8) is 0 Å². The highest BCUT2D eigenvalue weighted by atomic mass is 16.2. The van der Waals surface area contributed by atoms with Gasteiger partial charge in [-0.2, -0.15) is 0 Å². The second kappa shape index (κ2) is 4.30. The van der Waals surface area contributed by atoms with Gasteiger partial charge in [0.25, 0.3) is 11.8 Å². The van der Waals surface area contributed by atoms with E-state index >= 15 is 0 Å². The van der Waals surface area contributed by atoms with E-state index in [0.717, 1.165) is 0 Å². The van der Waals surface area contributed by atoms with Crippen LogP contribution in [0.4, 0.5) is 11.4 Å².